The lowest BCUT2D eigenvalue weighted by Crippen LogP contribution is -1.94. The zero-order valence-corrected chi connectivity index (χ0v) is 7.75. The molecule has 0 atom stereocenters. The fourth-order valence-corrected chi connectivity index (χ4v) is 0.884. The molecule has 13 heavy (non-hydrogen) atoms. The molecule has 1 aromatic rings. The summed E-state index contributed by atoms with van der Waals surface area (Å²) in [5.74, 6) is -0.834. The first kappa shape index (κ1) is 9.59. The van der Waals surface area contributed by atoms with Crippen molar-refractivity contribution in [3.05, 3.63) is 17.3 Å². The summed E-state index contributed by atoms with van der Waals surface area (Å²) in [6, 6.07) is 0. The molecule has 0 aliphatic rings. The van der Waals surface area contributed by atoms with Crippen LogP contribution in [0.3, 0.4) is 0 Å². The van der Waals surface area contributed by atoms with E-state index in [1.807, 2.05) is 0 Å². The van der Waals surface area contributed by atoms with E-state index < -0.39 is 16.4 Å². The van der Waals surface area contributed by atoms with Crippen LogP contribution in [0.1, 0.15) is 22.1 Å². The smallest absolute Gasteiger partial charge is 0.347 e. The van der Waals surface area contributed by atoms with Crippen molar-refractivity contribution in [2.45, 2.75) is 13.8 Å². The van der Waals surface area contributed by atoms with Crippen LogP contribution in [0.25, 0.3) is 0 Å². The number of oxazole rings is 1. The molecular weight excluding hydrogens is 196 g/mol. The molecule has 0 radical (unpaired) electrons. The highest BCUT2D eigenvalue weighted by Gasteiger charge is 2.13. The van der Waals surface area contributed by atoms with E-state index in [0.717, 1.165) is 0 Å². The van der Waals surface area contributed by atoms with Crippen molar-refractivity contribution in [2.75, 3.05) is 0 Å². The Bertz CT molecular complexity index is 443. The first-order valence-corrected chi connectivity index (χ1v) is 4.33. The van der Waals surface area contributed by atoms with Gasteiger partial charge >= 0.3 is 16.4 Å². The summed E-state index contributed by atoms with van der Waals surface area (Å²) < 4.78 is 27.6. The van der Waals surface area contributed by atoms with Gasteiger partial charge in [-0.3, -0.25) is 4.79 Å². The fourth-order valence-electron chi connectivity index (χ4n) is 0.671. The van der Waals surface area contributed by atoms with Crippen molar-refractivity contribution in [2.24, 2.45) is 4.36 Å². The van der Waals surface area contributed by atoms with Crippen LogP contribution in [0.15, 0.2) is 8.78 Å². The van der Waals surface area contributed by atoms with Crippen LogP contribution < -0.4 is 0 Å². The molecule has 0 bridgehead atoms. The molecule has 6 nitrogen and oxygen atoms in total. The minimum atomic E-state index is -2.77. The van der Waals surface area contributed by atoms with Crippen molar-refractivity contribution in [1.82, 2.24) is 4.98 Å². The van der Waals surface area contributed by atoms with Gasteiger partial charge in [0.2, 0.25) is 0 Å². The Labute approximate surface area is 75.3 Å². The van der Waals surface area contributed by atoms with Gasteiger partial charge in [-0.2, -0.15) is 8.42 Å². The van der Waals surface area contributed by atoms with Gasteiger partial charge in [0.15, 0.2) is 0 Å². The number of rotatable bonds is 1. The van der Waals surface area contributed by atoms with E-state index in [1.165, 1.54) is 0 Å². The Balaban J connectivity index is 3.10. The molecule has 0 fully saturated rings. The first-order valence-electron chi connectivity index (χ1n) is 3.30. The highest BCUT2D eigenvalue weighted by Crippen LogP contribution is 2.08. The van der Waals surface area contributed by atoms with Crippen LogP contribution in [0.5, 0.6) is 0 Å². The van der Waals surface area contributed by atoms with Crippen LogP contribution in [0.4, 0.5) is 0 Å². The average Bonchev–Trinajstić information content (AvgIpc) is 2.31. The Kier molecular flexibility index (Phi) is 2.57. The van der Waals surface area contributed by atoms with Crippen LogP contribution in [0.2, 0.25) is 0 Å². The third kappa shape index (κ3) is 2.22. The number of aromatic nitrogens is 1. The number of amides is 1. The second kappa shape index (κ2) is 3.48. The van der Waals surface area contributed by atoms with Gasteiger partial charge in [0.25, 0.3) is 5.89 Å². The highest BCUT2D eigenvalue weighted by molar-refractivity contribution is 7.62. The Hall–Kier alpha value is -1.50. The number of carbonyl (C=O) groups is 1. The van der Waals surface area contributed by atoms with E-state index in [2.05, 4.69) is 9.35 Å². The molecule has 70 valence electrons. The highest BCUT2D eigenvalue weighted by atomic mass is 32.2. The lowest BCUT2D eigenvalue weighted by Gasteiger charge is -1.80. The molecule has 0 saturated carbocycles. The third-order valence-corrected chi connectivity index (χ3v) is 1.68. The van der Waals surface area contributed by atoms with Gasteiger partial charge in [0, 0.05) is 0 Å². The normalized spacial score (nSPS) is 9.69. The molecule has 0 unspecified atom stereocenters. The van der Waals surface area contributed by atoms with Gasteiger partial charge in [-0.05, 0) is 13.8 Å². The van der Waals surface area contributed by atoms with E-state index in [-0.39, 0.29) is 5.89 Å². The summed E-state index contributed by atoms with van der Waals surface area (Å²) in [5.41, 5.74) is 0.537. The molecule has 0 saturated heterocycles. The summed E-state index contributed by atoms with van der Waals surface area (Å²) in [5, 5.41) is 0. The topological polar surface area (TPSA) is 89.6 Å². The van der Waals surface area contributed by atoms with E-state index in [9.17, 15) is 13.2 Å². The van der Waals surface area contributed by atoms with Gasteiger partial charge in [0.05, 0.1) is 5.69 Å². The first-order chi connectivity index (χ1) is 6.00. The molecule has 0 spiro atoms. The number of hydrogen-bond acceptors (Lipinski definition) is 5. The Morgan fingerprint density at radius 2 is 2.08 bits per heavy atom. The number of carbonyl (C=O) groups excluding carboxylic acids is 1. The number of aryl methyl sites for hydroxylation is 2. The van der Waals surface area contributed by atoms with Crippen LogP contribution >= 0.6 is 0 Å². The molecule has 1 aromatic heterocycles. The largest absolute Gasteiger partial charge is 0.437 e. The minimum absolute atomic E-state index is 0.306. The zero-order chi connectivity index (χ0) is 10.0. The van der Waals surface area contributed by atoms with Gasteiger partial charge < -0.3 is 4.42 Å². The standard InChI is InChI=1S/C6H6N2O4S/c1-3-4(2)12-6(7-3)5(9)8-13(10)11/h1-2H3. The predicted molar refractivity (Wildman–Crippen MR) is 41.7 cm³/mol. The molecule has 0 aromatic carbocycles. The summed E-state index contributed by atoms with van der Waals surface area (Å²) in [7, 11) is -2.77. The second-order valence-electron chi connectivity index (χ2n) is 2.27. The SMILES string of the molecule is Cc1nc(C(=O)N=S(=O)=O)oc1C. The lowest BCUT2D eigenvalue weighted by atomic mass is 10.4. The van der Waals surface area contributed by atoms with Crippen molar-refractivity contribution in [3.63, 3.8) is 0 Å². The predicted octanol–water partition coefficient (Wildman–Crippen LogP) is 0.494. The van der Waals surface area contributed by atoms with Gasteiger partial charge in [-0.15, -0.1) is 0 Å². The van der Waals surface area contributed by atoms with E-state index in [1.54, 1.807) is 13.8 Å². The summed E-state index contributed by atoms with van der Waals surface area (Å²) in [6.07, 6.45) is 0. The summed E-state index contributed by atoms with van der Waals surface area (Å²) >= 11 is 0. The quantitative estimate of drug-likeness (QED) is 0.661. The lowest BCUT2D eigenvalue weighted by molar-refractivity contribution is 0.0971. The zero-order valence-electron chi connectivity index (χ0n) is 6.94. The fraction of sp³-hybridized carbons (Fsp3) is 0.333. The minimum Gasteiger partial charge on any atom is -0.437 e. The number of hydrogen-bond donors (Lipinski definition) is 0. The van der Waals surface area contributed by atoms with Crippen LogP contribution in [-0.4, -0.2) is 19.3 Å². The van der Waals surface area contributed by atoms with E-state index >= 15 is 0 Å². The maximum atomic E-state index is 10.9. The van der Waals surface area contributed by atoms with E-state index in [0.29, 0.717) is 11.5 Å². The van der Waals surface area contributed by atoms with Crippen molar-refractivity contribution in [1.29, 1.82) is 0 Å². The number of nitrogens with zero attached hydrogens (tertiary/aromatic N) is 2. The van der Waals surface area contributed by atoms with Gasteiger partial charge in [-0.1, -0.05) is 4.36 Å². The van der Waals surface area contributed by atoms with Crippen molar-refractivity contribution in [3.8, 4) is 0 Å². The third-order valence-electron chi connectivity index (χ3n) is 1.37. The van der Waals surface area contributed by atoms with Crippen LogP contribution in [0, 0.1) is 13.8 Å². The molecular formula is C6H6N2O4S. The second-order valence-corrected chi connectivity index (χ2v) is 2.89. The maximum absolute atomic E-state index is 10.9. The van der Waals surface area contributed by atoms with Crippen molar-refractivity contribution >= 4 is 16.4 Å². The molecule has 0 aliphatic heterocycles. The molecule has 1 rings (SSSR count). The van der Waals surface area contributed by atoms with Crippen LogP contribution in [-0.2, 0) is 10.5 Å². The molecule has 0 aliphatic carbocycles. The van der Waals surface area contributed by atoms with Gasteiger partial charge in [0.1, 0.15) is 5.76 Å². The van der Waals surface area contributed by atoms with Gasteiger partial charge in [-0.25, -0.2) is 4.98 Å². The molecule has 7 heteroatoms. The molecule has 0 N–H and O–H groups in total. The Morgan fingerprint density at radius 3 is 2.46 bits per heavy atom. The van der Waals surface area contributed by atoms with E-state index in [4.69, 9.17) is 4.42 Å². The monoisotopic (exact) mass is 202 g/mol. The molecule has 1 heterocycles. The average molecular weight is 202 g/mol. The molecule has 1 amide bonds. The summed E-state index contributed by atoms with van der Waals surface area (Å²) in [4.78, 5) is 14.6. The Morgan fingerprint density at radius 1 is 1.46 bits per heavy atom. The summed E-state index contributed by atoms with van der Waals surface area (Å²) in [6.45, 7) is 3.26. The maximum Gasteiger partial charge on any atom is 0.347 e. The van der Waals surface area contributed by atoms with Crippen molar-refractivity contribution < 1.29 is 17.6 Å².